The second-order valence-corrected chi connectivity index (χ2v) is 7.05. The number of aromatic carboxylic acids is 1. The summed E-state index contributed by atoms with van der Waals surface area (Å²) in [4.78, 5) is 11.0. The number of carbonyl (C=O) groups is 1. The molecule has 0 fully saturated rings. The molecule has 29 heavy (non-hydrogen) atoms. The number of hydrogen-bond donors (Lipinski definition) is 1. The molecule has 1 N–H and O–H groups in total. The molecule has 0 saturated carbocycles. The van der Waals surface area contributed by atoms with E-state index in [1.165, 1.54) is 5.56 Å². The molecule has 4 nitrogen and oxygen atoms in total. The molecular weight excluding hydrogens is 364 g/mol. The molecule has 3 rings (SSSR count). The topological polar surface area (TPSA) is 55.8 Å². The van der Waals surface area contributed by atoms with Crippen molar-refractivity contribution in [3.63, 3.8) is 0 Å². The maximum absolute atomic E-state index is 11.0. The standard InChI is InChI=1S/C25H26O4/c1-18(7-6-10-19-8-4-3-5-9-19)29-24-17-22(15-16-23(24)28-2)20-11-13-21(14-12-20)25(26)27/h3-5,8-9,11-18H,6-7,10H2,1-2H3,(H,26,27)/t18-/m0/s1. The predicted molar refractivity (Wildman–Crippen MR) is 115 cm³/mol. The van der Waals surface area contributed by atoms with Crippen LogP contribution < -0.4 is 9.47 Å². The van der Waals surface area contributed by atoms with Crippen LogP contribution in [0.15, 0.2) is 72.8 Å². The molecule has 3 aromatic rings. The molecule has 0 spiro atoms. The van der Waals surface area contributed by atoms with Crippen molar-refractivity contribution in [1.82, 2.24) is 0 Å². The maximum atomic E-state index is 11.0. The van der Waals surface area contributed by atoms with E-state index in [1.54, 1.807) is 31.4 Å². The van der Waals surface area contributed by atoms with Gasteiger partial charge >= 0.3 is 5.97 Å². The summed E-state index contributed by atoms with van der Waals surface area (Å²) in [5.41, 5.74) is 3.49. The van der Waals surface area contributed by atoms with Crippen molar-refractivity contribution in [2.24, 2.45) is 0 Å². The van der Waals surface area contributed by atoms with E-state index < -0.39 is 5.97 Å². The number of aryl methyl sites for hydroxylation is 1. The highest BCUT2D eigenvalue weighted by Gasteiger charge is 2.12. The Hall–Kier alpha value is -3.27. The number of carboxylic acid groups (broad SMARTS) is 1. The fourth-order valence-corrected chi connectivity index (χ4v) is 3.27. The van der Waals surface area contributed by atoms with Crippen molar-refractivity contribution in [2.75, 3.05) is 7.11 Å². The first-order valence-corrected chi connectivity index (χ1v) is 9.79. The zero-order chi connectivity index (χ0) is 20.6. The number of methoxy groups -OCH3 is 1. The summed E-state index contributed by atoms with van der Waals surface area (Å²) in [5.74, 6) is 0.449. The Balaban J connectivity index is 1.67. The van der Waals surface area contributed by atoms with Crippen LogP contribution in [-0.2, 0) is 6.42 Å². The first kappa shape index (κ1) is 20.5. The highest BCUT2D eigenvalue weighted by molar-refractivity contribution is 5.88. The summed E-state index contributed by atoms with van der Waals surface area (Å²) in [6.45, 7) is 2.07. The molecule has 150 valence electrons. The third-order valence-corrected chi connectivity index (χ3v) is 4.88. The second-order valence-electron chi connectivity index (χ2n) is 7.05. The van der Waals surface area contributed by atoms with Crippen LogP contribution >= 0.6 is 0 Å². The van der Waals surface area contributed by atoms with Crippen LogP contribution in [-0.4, -0.2) is 24.3 Å². The van der Waals surface area contributed by atoms with Gasteiger partial charge in [0.2, 0.25) is 0 Å². The second kappa shape index (κ2) is 9.78. The normalized spacial score (nSPS) is 11.7. The highest BCUT2D eigenvalue weighted by Crippen LogP contribution is 2.33. The van der Waals surface area contributed by atoms with Crippen molar-refractivity contribution in [3.8, 4) is 22.6 Å². The molecule has 4 heteroatoms. The van der Waals surface area contributed by atoms with E-state index in [1.807, 2.05) is 24.3 Å². The Labute approximate surface area is 171 Å². The van der Waals surface area contributed by atoms with E-state index in [9.17, 15) is 4.79 Å². The lowest BCUT2D eigenvalue weighted by molar-refractivity contribution is 0.0697. The Kier molecular flexibility index (Phi) is 6.90. The van der Waals surface area contributed by atoms with Crippen LogP contribution in [0, 0.1) is 0 Å². The van der Waals surface area contributed by atoms with Crippen molar-refractivity contribution in [1.29, 1.82) is 0 Å². The van der Waals surface area contributed by atoms with Crippen molar-refractivity contribution >= 4 is 5.97 Å². The lowest BCUT2D eigenvalue weighted by Gasteiger charge is -2.18. The van der Waals surface area contributed by atoms with Crippen molar-refractivity contribution < 1.29 is 19.4 Å². The summed E-state index contributed by atoms with van der Waals surface area (Å²) in [6, 6.07) is 23.0. The van der Waals surface area contributed by atoms with Crippen LogP contribution in [0.1, 0.15) is 35.7 Å². The van der Waals surface area contributed by atoms with Gasteiger partial charge in [-0.3, -0.25) is 0 Å². The Morgan fingerprint density at radius 3 is 2.28 bits per heavy atom. The first-order valence-electron chi connectivity index (χ1n) is 9.79. The van der Waals surface area contributed by atoms with E-state index in [2.05, 4.69) is 31.2 Å². The lowest BCUT2D eigenvalue weighted by Crippen LogP contribution is -2.12. The summed E-state index contributed by atoms with van der Waals surface area (Å²) < 4.78 is 11.6. The van der Waals surface area contributed by atoms with Crippen LogP contribution in [0.2, 0.25) is 0 Å². The molecule has 0 aliphatic heterocycles. The van der Waals surface area contributed by atoms with E-state index in [0.29, 0.717) is 11.5 Å². The quantitative estimate of drug-likeness (QED) is 0.498. The van der Waals surface area contributed by atoms with Gasteiger partial charge in [0.15, 0.2) is 11.5 Å². The predicted octanol–water partition coefficient (Wildman–Crippen LogP) is 5.85. The Bertz CT molecular complexity index is 933. The molecule has 0 heterocycles. The van der Waals surface area contributed by atoms with Crippen LogP contribution in [0.3, 0.4) is 0 Å². The zero-order valence-electron chi connectivity index (χ0n) is 16.8. The largest absolute Gasteiger partial charge is 0.493 e. The highest BCUT2D eigenvalue weighted by atomic mass is 16.5. The summed E-state index contributed by atoms with van der Waals surface area (Å²) in [6.07, 6.45) is 3.07. The fourth-order valence-electron chi connectivity index (χ4n) is 3.27. The van der Waals surface area contributed by atoms with Gasteiger partial charge in [-0.2, -0.15) is 0 Å². The third-order valence-electron chi connectivity index (χ3n) is 4.88. The zero-order valence-corrected chi connectivity index (χ0v) is 16.8. The van der Waals surface area contributed by atoms with Crippen LogP contribution in [0.25, 0.3) is 11.1 Å². The van der Waals surface area contributed by atoms with Gasteiger partial charge in [0.25, 0.3) is 0 Å². The van der Waals surface area contributed by atoms with E-state index in [4.69, 9.17) is 14.6 Å². The van der Waals surface area contributed by atoms with E-state index in [-0.39, 0.29) is 11.7 Å². The first-order chi connectivity index (χ1) is 14.1. The van der Waals surface area contributed by atoms with Gasteiger partial charge in [0, 0.05) is 0 Å². The van der Waals surface area contributed by atoms with Gasteiger partial charge in [-0.25, -0.2) is 4.79 Å². The molecule has 3 aromatic carbocycles. The van der Waals surface area contributed by atoms with E-state index in [0.717, 1.165) is 30.4 Å². The number of ether oxygens (including phenoxy) is 2. The van der Waals surface area contributed by atoms with E-state index >= 15 is 0 Å². The number of benzene rings is 3. The lowest BCUT2D eigenvalue weighted by atomic mass is 10.0. The molecule has 1 atom stereocenters. The number of hydrogen-bond acceptors (Lipinski definition) is 3. The van der Waals surface area contributed by atoms with Gasteiger partial charge in [0.05, 0.1) is 18.8 Å². The Morgan fingerprint density at radius 2 is 1.62 bits per heavy atom. The van der Waals surface area contributed by atoms with Crippen LogP contribution in [0.5, 0.6) is 11.5 Å². The van der Waals surface area contributed by atoms with Gasteiger partial charge in [0.1, 0.15) is 0 Å². The fraction of sp³-hybridized carbons (Fsp3) is 0.240. The summed E-state index contributed by atoms with van der Waals surface area (Å²) in [5, 5.41) is 9.06. The molecule has 0 radical (unpaired) electrons. The average molecular weight is 390 g/mol. The minimum absolute atomic E-state index is 0.0530. The van der Waals surface area contributed by atoms with Gasteiger partial charge in [-0.1, -0.05) is 48.5 Å². The number of carboxylic acids is 1. The molecule has 0 saturated heterocycles. The van der Waals surface area contributed by atoms with Crippen molar-refractivity contribution in [3.05, 3.63) is 83.9 Å². The smallest absolute Gasteiger partial charge is 0.335 e. The molecule has 0 aliphatic rings. The van der Waals surface area contributed by atoms with Crippen LogP contribution in [0.4, 0.5) is 0 Å². The summed E-state index contributed by atoms with van der Waals surface area (Å²) >= 11 is 0. The van der Waals surface area contributed by atoms with Gasteiger partial charge < -0.3 is 14.6 Å². The Morgan fingerprint density at radius 1 is 0.931 bits per heavy atom. The molecular formula is C25H26O4. The average Bonchev–Trinajstić information content (AvgIpc) is 2.74. The van der Waals surface area contributed by atoms with Gasteiger partial charge in [-0.05, 0) is 67.1 Å². The van der Waals surface area contributed by atoms with Crippen molar-refractivity contribution in [2.45, 2.75) is 32.3 Å². The molecule has 0 amide bonds. The monoisotopic (exact) mass is 390 g/mol. The molecule has 0 aromatic heterocycles. The minimum atomic E-state index is -0.931. The third kappa shape index (κ3) is 5.61. The summed E-state index contributed by atoms with van der Waals surface area (Å²) in [7, 11) is 1.63. The SMILES string of the molecule is COc1ccc(-c2ccc(C(=O)O)cc2)cc1O[C@@H](C)CCCc1ccccc1. The molecule has 0 unspecified atom stereocenters. The molecule has 0 bridgehead atoms. The maximum Gasteiger partial charge on any atom is 0.335 e. The molecule has 0 aliphatic carbocycles. The minimum Gasteiger partial charge on any atom is -0.493 e. The van der Waals surface area contributed by atoms with Gasteiger partial charge in [-0.15, -0.1) is 0 Å². The number of rotatable bonds is 9.